The van der Waals surface area contributed by atoms with E-state index in [1.807, 2.05) is 13.0 Å². The Morgan fingerprint density at radius 2 is 2.06 bits per heavy atom. The second kappa shape index (κ2) is 8.58. The fourth-order valence-electron chi connectivity index (χ4n) is 3.86. The maximum Gasteiger partial charge on any atom is 0.264 e. The Hall–Kier alpha value is -3.07. The van der Waals surface area contributed by atoms with Gasteiger partial charge in [-0.2, -0.15) is 0 Å². The Morgan fingerprint density at radius 3 is 2.84 bits per heavy atom. The van der Waals surface area contributed by atoms with Gasteiger partial charge in [-0.3, -0.25) is 19.0 Å². The molecule has 1 aliphatic heterocycles. The van der Waals surface area contributed by atoms with Gasteiger partial charge < -0.3 is 10.2 Å². The maximum absolute atomic E-state index is 13.1. The molecule has 9 heteroatoms. The van der Waals surface area contributed by atoms with Gasteiger partial charge in [0.2, 0.25) is 5.91 Å². The summed E-state index contributed by atoms with van der Waals surface area (Å²) in [7, 11) is 1.57. The number of aromatic nitrogens is 3. The van der Waals surface area contributed by atoms with E-state index in [0.717, 1.165) is 37.1 Å². The Labute approximate surface area is 183 Å². The third-order valence-corrected chi connectivity index (χ3v) is 6.69. The number of thiophene rings is 1. The molecule has 0 spiro atoms. The predicted molar refractivity (Wildman–Crippen MR) is 121 cm³/mol. The Morgan fingerprint density at radius 1 is 1.26 bits per heavy atom. The van der Waals surface area contributed by atoms with E-state index in [2.05, 4.69) is 10.3 Å². The Balaban J connectivity index is 1.57. The molecule has 2 amide bonds. The highest BCUT2D eigenvalue weighted by atomic mass is 32.1. The number of hydrogen-bond acceptors (Lipinski definition) is 6. The third-order valence-electron chi connectivity index (χ3n) is 5.52. The van der Waals surface area contributed by atoms with Crippen molar-refractivity contribution in [2.75, 3.05) is 18.9 Å². The van der Waals surface area contributed by atoms with Gasteiger partial charge in [0.05, 0.1) is 16.8 Å². The van der Waals surface area contributed by atoms with Gasteiger partial charge in [0.25, 0.3) is 11.5 Å². The summed E-state index contributed by atoms with van der Waals surface area (Å²) in [6, 6.07) is 3.60. The van der Waals surface area contributed by atoms with Crippen molar-refractivity contribution >= 4 is 39.2 Å². The number of rotatable bonds is 4. The minimum atomic E-state index is -0.336. The molecule has 4 rings (SSSR count). The van der Waals surface area contributed by atoms with Crippen LogP contribution in [0.25, 0.3) is 10.2 Å². The van der Waals surface area contributed by atoms with Crippen molar-refractivity contribution in [2.45, 2.75) is 46.1 Å². The van der Waals surface area contributed by atoms with Crippen molar-refractivity contribution in [1.82, 2.24) is 19.4 Å². The number of carbonyl (C=O) groups excluding carboxylic acids is 2. The fraction of sp³-hybridized carbons (Fsp3) is 0.409. The molecule has 162 valence electrons. The molecule has 0 bridgehead atoms. The summed E-state index contributed by atoms with van der Waals surface area (Å²) >= 11 is 1.23. The average Bonchev–Trinajstić information content (AvgIpc) is 2.88. The van der Waals surface area contributed by atoms with Crippen LogP contribution in [0.5, 0.6) is 0 Å². The van der Waals surface area contributed by atoms with Crippen molar-refractivity contribution in [3.8, 4) is 0 Å². The molecule has 0 aliphatic carbocycles. The third kappa shape index (κ3) is 4.23. The first kappa shape index (κ1) is 21.2. The molecule has 0 fully saturated rings. The molecule has 0 aromatic carbocycles. The van der Waals surface area contributed by atoms with E-state index in [4.69, 9.17) is 4.98 Å². The highest BCUT2D eigenvalue weighted by Crippen LogP contribution is 2.29. The SMILES string of the molecule is Cc1ccnc(NC(=O)CN(C)C(=O)c2sc3nc4n(c(=O)c3c2C)CCCCC4)c1. The van der Waals surface area contributed by atoms with E-state index < -0.39 is 0 Å². The lowest BCUT2D eigenvalue weighted by atomic mass is 10.2. The Bertz CT molecular complexity index is 1230. The zero-order chi connectivity index (χ0) is 22.1. The summed E-state index contributed by atoms with van der Waals surface area (Å²) in [5.74, 6) is 0.612. The van der Waals surface area contributed by atoms with Crippen LogP contribution in [-0.2, 0) is 17.8 Å². The number of anilines is 1. The van der Waals surface area contributed by atoms with Gasteiger partial charge in [-0.1, -0.05) is 6.42 Å². The number of nitrogens with one attached hydrogen (secondary N) is 1. The van der Waals surface area contributed by atoms with Crippen molar-refractivity contribution < 1.29 is 9.59 Å². The summed E-state index contributed by atoms with van der Waals surface area (Å²) in [6.07, 6.45) is 5.46. The molecule has 4 heterocycles. The zero-order valence-electron chi connectivity index (χ0n) is 17.9. The monoisotopic (exact) mass is 439 g/mol. The summed E-state index contributed by atoms with van der Waals surface area (Å²) in [5, 5.41) is 3.22. The van der Waals surface area contributed by atoms with E-state index in [9.17, 15) is 14.4 Å². The van der Waals surface area contributed by atoms with E-state index in [1.165, 1.54) is 16.2 Å². The largest absolute Gasteiger partial charge is 0.332 e. The lowest BCUT2D eigenvalue weighted by Crippen LogP contribution is -2.35. The first-order chi connectivity index (χ1) is 14.8. The first-order valence-corrected chi connectivity index (χ1v) is 11.2. The Kier molecular flexibility index (Phi) is 5.86. The van der Waals surface area contributed by atoms with Gasteiger partial charge in [0.1, 0.15) is 16.5 Å². The quantitative estimate of drug-likeness (QED) is 0.674. The van der Waals surface area contributed by atoms with Crippen LogP contribution >= 0.6 is 11.3 Å². The second-order valence-corrected chi connectivity index (χ2v) is 8.96. The van der Waals surface area contributed by atoms with Crippen LogP contribution in [0.15, 0.2) is 23.1 Å². The van der Waals surface area contributed by atoms with Gasteiger partial charge in [-0.25, -0.2) is 9.97 Å². The summed E-state index contributed by atoms with van der Waals surface area (Å²) in [4.78, 5) is 49.8. The molecule has 0 radical (unpaired) electrons. The van der Waals surface area contributed by atoms with Crippen LogP contribution in [0.2, 0.25) is 0 Å². The van der Waals surface area contributed by atoms with Crippen LogP contribution in [0, 0.1) is 13.8 Å². The normalized spacial score (nSPS) is 13.5. The van der Waals surface area contributed by atoms with Gasteiger partial charge >= 0.3 is 0 Å². The van der Waals surface area contributed by atoms with Crippen molar-refractivity contribution in [3.63, 3.8) is 0 Å². The van der Waals surface area contributed by atoms with Crippen LogP contribution in [-0.4, -0.2) is 44.8 Å². The van der Waals surface area contributed by atoms with E-state index >= 15 is 0 Å². The number of likely N-dealkylation sites (N-methyl/N-ethyl adjacent to an activating group) is 1. The minimum Gasteiger partial charge on any atom is -0.332 e. The topological polar surface area (TPSA) is 97.2 Å². The minimum absolute atomic E-state index is 0.0689. The van der Waals surface area contributed by atoms with Crippen LogP contribution in [0.1, 0.15) is 45.9 Å². The van der Waals surface area contributed by atoms with Gasteiger partial charge in [-0.15, -0.1) is 11.3 Å². The van der Waals surface area contributed by atoms with Crippen molar-refractivity contribution in [3.05, 3.63) is 50.5 Å². The molecule has 0 unspecified atom stereocenters. The zero-order valence-corrected chi connectivity index (χ0v) is 18.7. The molecular formula is C22H25N5O3S. The first-order valence-electron chi connectivity index (χ1n) is 10.4. The van der Waals surface area contributed by atoms with Gasteiger partial charge in [-0.05, 0) is 49.9 Å². The number of fused-ring (bicyclic) bond motifs is 2. The second-order valence-electron chi connectivity index (χ2n) is 7.96. The number of nitrogens with zero attached hydrogens (tertiary/aromatic N) is 4. The van der Waals surface area contributed by atoms with Gasteiger partial charge in [0, 0.05) is 26.2 Å². The molecule has 3 aromatic rings. The highest BCUT2D eigenvalue weighted by Gasteiger charge is 2.25. The van der Waals surface area contributed by atoms with Crippen molar-refractivity contribution in [1.29, 1.82) is 0 Å². The number of hydrogen-bond donors (Lipinski definition) is 1. The highest BCUT2D eigenvalue weighted by molar-refractivity contribution is 7.20. The molecule has 3 aromatic heterocycles. The van der Waals surface area contributed by atoms with Crippen LogP contribution in [0.3, 0.4) is 0 Å². The summed E-state index contributed by atoms with van der Waals surface area (Å²) in [5.41, 5.74) is 1.54. The van der Waals surface area contributed by atoms with E-state index in [-0.39, 0.29) is 23.9 Å². The lowest BCUT2D eigenvalue weighted by Gasteiger charge is -2.16. The molecule has 1 aliphatic rings. The molecular weight excluding hydrogens is 414 g/mol. The molecule has 31 heavy (non-hydrogen) atoms. The standard InChI is InChI=1S/C22H25N5O3S/c1-13-8-9-23-15(11-13)24-17(28)12-26(3)22(30)19-14(2)18-20(31-19)25-16-7-5-4-6-10-27(16)21(18)29/h8-9,11H,4-7,10,12H2,1-3H3,(H,23,24,28). The van der Waals surface area contributed by atoms with Crippen LogP contribution in [0.4, 0.5) is 5.82 Å². The van der Waals surface area contributed by atoms with Gasteiger partial charge in [0.15, 0.2) is 0 Å². The fourth-order valence-corrected chi connectivity index (χ4v) is 5.05. The summed E-state index contributed by atoms with van der Waals surface area (Å²) < 4.78 is 1.76. The van der Waals surface area contributed by atoms with Crippen LogP contribution < -0.4 is 10.9 Å². The van der Waals surface area contributed by atoms with E-state index in [0.29, 0.717) is 33.0 Å². The summed E-state index contributed by atoms with van der Waals surface area (Å²) in [6.45, 7) is 4.24. The lowest BCUT2D eigenvalue weighted by molar-refractivity contribution is -0.116. The van der Waals surface area contributed by atoms with Crippen molar-refractivity contribution in [2.24, 2.45) is 0 Å². The average molecular weight is 440 g/mol. The molecule has 8 nitrogen and oxygen atoms in total. The molecule has 0 atom stereocenters. The number of aryl methyl sites for hydroxylation is 3. The molecule has 0 saturated carbocycles. The molecule has 0 saturated heterocycles. The smallest absolute Gasteiger partial charge is 0.264 e. The number of carbonyl (C=O) groups is 2. The maximum atomic E-state index is 13.1. The predicted octanol–water partition coefficient (Wildman–Crippen LogP) is 2.91. The van der Waals surface area contributed by atoms with E-state index in [1.54, 1.807) is 30.8 Å². The number of amides is 2. The number of pyridine rings is 1. The molecule has 1 N–H and O–H groups in total.